The van der Waals surface area contributed by atoms with Crippen molar-refractivity contribution in [2.75, 3.05) is 38.3 Å². The van der Waals surface area contributed by atoms with E-state index in [1.54, 1.807) is 6.33 Å². The first-order chi connectivity index (χ1) is 13.1. The summed E-state index contributed by atoms with van der Waals surface area (Å²) in [5.74, 6) is 1.28. The fraction of sp³-hybridized carbons (Fsp3) is 0.450. The lowest BCUT2D eigenvalue weighted by Crippen LogP contribution is -2.46. The lowest BCUT2D eigenvalue weighted by molar-refractivity contribution is 0.135. The van der Waals surface area contributed by atoms with Gasteiger partial charge in [-0.3, -0.25) is 9.88 Å². The quantitative estimate of drug-likeness (QED) is 0.669. The van der Waals surface area contributed by atoms with E-state index in [-0.39, 0.29) is 6.67 Å². The minimum Gasteiger partial charge on any atom is -0.334 e. The Hall–Kier alpha value is -2.54. The maximum atomic E-state index is 12.4. The van der Waals surface area contributed by atoms with E-state index < -0.39 is 0 Å². The predicted octanol–water partition coefficient (Wildman–Crippen LogP) is 3.06. The van der Waals surface area contributed by atoms with Gasteiger partial charge in [-0.05, 0) is 18.1 Å². The van der Waals surface area contributed by atoms with Crippen LogP contribution in [-0.2, 0) is 13.5 Å². The zero-order valence-electron chi connectivity index (χ0n) is 16.1. The number of anilines is 2. The van der Waals surface area contributed by atoms with Gasteiger partial charge in [-0.25, -0.2) is 14.4 Å². The standard InChI is InChI=1S/C20H25FN6/c1-4-14-7-16(15-11-27(12-15)6-5-21)22-10-19(14)26(3)20-8-18-17(9-23-20)24-13-25(18)2/h7-10,13,15H,4-6,11-12H2,1-3H3. The molecule has 0 aliphatic carbocycles. The second-order valence-electron chi connectivity index (χ2n) is 7.18. The highest BCUT2D eigenvalue weighted by atomic mass is 19.1. The number of pyridine rings is 2. The minimum atomic E-state index is -0.280. The van der Waals surface area contributed by atoms with Crippen LogP contribution in [0, 0.1) is 0 Å². The second-order valence-corrected chi connectivity index (χ2v) is 7.18. The number of imidazole rings is 1. The predicted molar refractivity (Wildman–Crippen MR) is 105 cm³/mol. The van der Waals surface area contributed by atoms with E-state index >= 15 is 0 Å². The van der Waals surface area contributed by atoms with Crippen LogP contribution in [0.15, 0.2) is 30.9 Å². The summed E-state index contributed by atoms with van der Waals surface area (Å²) in [5, 5.41) is 0. The molecule has 4 rings (SSSR count). The van der Waals surface area contributed by atoms with Gasteiger partial charge in [-0.2, -0.15) is 0 Å². The van der Waals surface area contributed by atoms with Crippen LogP contribution < -0.4 is 4.90 Å². The van der Waals surface area contributed by atoms with Gasteiger partial charge in [0.25, 0.3) is 0 Å². The molecule has 1 fully saturated rings. The fourth-order valence-corrected chi connectivity index (χ4v) is 3.70. The van der Waals surface area contributed by atoms with Crippen LogP contribution in [0.25, 0.3) is 11.0 Å². The molecule has 1 saturated heterocycles. The van der Waals surface area contributed by atoms with Crippen molar-refractivity contribution >= 4 is 22.5 Å². The van der Waals surface area contributed by atoms with Crippen LogP contribution >= 0.6 is 0 Å². The zero-order chi connectivity index (χ0) is 19.0. The van der Waals surface area contributed by atoms with Crippen molar-refractivity contribution < 1.29 is 4.39 Å². The molecule has 0 bridgehead atoms. The molecule has 1 aliphatic heterocycles. The van der Waals surface area contributed by atoms with Gasteiger partial charge in [0.05, 0.1) is 29.9 Å². The SMILES string of the molecule is CCc1cc(C2CN(CCF)C2)ncc1N(C)c1cc2c(cn1)ncn2C. The summed E-state index contributed by atoms with van der Waals surface area (Å²) in [6, 6.07) is 4.25. The summed E-state index contributed by atoms with van der Waals surface area (Å²) in [4.78, 5) is 17.8. The van der Waals surface area contributed by atoms with Gasteiger partial charge < -0.3 is 9.47 Å². The van der Waals surface area contributed by atoms with E-state index in [1.165, 1.54) is 5.56 Å². The summed E-state index contributed by atoms with van der Waals surface area (Å²) in [6.45, 7) is 4.20. The number of halogens is 1. The molecule has 0 radical (unpaired) electrons. The van der Waals surface area contributed by atoms with Crippen LogP contribution in [0.4, 0.5) is 15.9 Å². The molecule has 0 atom stereocenters. The van der Waals surface area contributed by atoms with E-state index in [0.717, 1.165) is 47.7 Å². The van der Waals surface area contributed by atoms with Crippen molar-refractivity contribution in [2.24, 2.45) is 7.05 Å². The third kappa shape index (κ3) is 3.27. The minimum absolute atomic E-state index is 0.280. The molecular weight excluding hydrogens is 343 g/mol. The van der Waals surface area contributed by atoms with Crippen molar-refractivity contribution in [1.29, 1.82) is 0 Å². The summed E-state index contributed by atoms with van der Waals surface area (Å²) in [7, 11) is 4.00. The average Bonchev–Trinajstić information content (AvgIpc) is 3.03. The molecule has 0 unspecified atom stereocenters. The van der Waals surface area contributed by atoms with Crippen molar-refractivity contribution in [1.82, 2.24) is 24.4 Å². The van der Waals surface area contributed by atoms with Gasteiger partial charge in [-0.15, -0.1) is 0 Å². The fourth-order valence-electron chi connectivity index (χ4n) is 3.70. The molecule has 3 aromatic rings. The first-order valence-corrected chi connectivity index (χ1v) is 9.38. The first kappa shape index (κ1) is 17.9. The van der Waals surface area contributed by atoms with Crippen molar-refractivity contribution in [2.45, 2.75) is 19.3 Å². The molecule has 1 aliphatic rings. The highest BCUT2D eigenvalue weighted by Crippen LogP contribution is 2.31. The Bertz CT molecular complexity index is 947. The molecule has 0 aromatic carbocycles. The Balaban J connectivity index is 1.59. The third-order valence-corrected chi connectivity index (χ3v) is 5.45. The molecule has 0 amide bonds. The lowest BCUT2D eigenvalue weighted by atomic mass is 9.94. The maximum Gasteiger partial charge on any atom is 0.134 e. The topological polar surface area (TPSA) is 50.1 Å². The van der Waals surface area contributed by atoms with E-state index in [0.29, 0.717) is 12.5 Å². The number of fused-ring (bicyclic) bond motifs is 1. The van der Waals surface area contributed by atoms with Gasteiger partial charge in [0.2, 0.25) is 0 Å². The largest absolute Gasteiger partial charge is 0.334 e. The molecule has 0 N–H and O–H groups in total. The van der Waals surface area contributed by atoms with E-state index in [1.807, 2.05) is 31.1 Å². The van der Waals surface area contributed by atoms with Gasteiger partial charge in [0, 0.05) is 51.4 Å². The zero-order valence-corrected chi connectivity index (χ0v) is 16.1. The maximum absolute atomic E-state index is 12.4. The lowest BCUT2D eigenvalue weighted by Gasteiger charge is -2.38. The van der Waals surface area contributed by atoms with E-state index in [4.69, 9.17) is 4.98 Å². The van der Waals surface area contributed by atoms with Crippen LogP contribution in [-0.4, -0.2) is 57.8 Å². The third-order valence-electron chi connectivity index (χ3n) is 5.45. The van der Waals surface area contributed by atoms with Gasteiger partial charge in [-0.1, -0.05) is 6.92 Å². The van der Waals surface area contributed by atoms with E-state index in [9.17, 15) is 4.39 Å². The molecule has 27 heavy (non-hydrogen) atoms. The first-order valence-electron chi connectivity index (χ1n) is 9.38. The molecule has 0 spiro atoms. The molecular formula is C20H25FN6. The van der Waals surface area contributed by atoms with Crippen LogP contribution in [0.5, 0.6) is 0 Å². The molecule has 7 heteroatoms. The number of aromatic nitrogens is 4. The molecule has 6 nitrogen and oxygen atoms in total. The molecule has 4 heterocycles. The highest BCUT2D eigenvalue weighted by Gasteiger charge is 2.29. The van der Waals surface area contributed by atoms with E-state index in [2.05, 4.69) is 38.8 Å². The Morgan fingerprint density at radius 3 is 2.74 bits per heavy atom. The number of likely N-dealkylation sites (tertiary alicyclic amines) is 1. The summed E-state index contributed by atoms with van der Waals surface area (Å²) in [5.41, 5.74) is 5.36. The van der Waals surface area contributed by atoms with Gasteiger partial charge >= 0.3 is 0 Å². The summed E-state index contributed by atoms with van der Waals surface area (Å²) >= 11 is 0. The van der Waals surface area contributed by atoms with Crippen molar-refractivity contribution in [3.63, 3.8) is 0 Å². The number of aryl methyl sites for hydroxylation is 2. The summed E-state index contributed by atoms with van der Waals surface area (Å²) in [6.07, 6.45) is 6.47. The average molecular weight is 368 g/mol. The smallest absolute Gasteiger partial charge is 0.134 e. The Kier molecular flexibility index (Phi) is 4.78. The Morgan fingerprint density at radius 1 is 1.19 bits per heavy atom. The highest BCUT2D eigenvalue weighted by molar-refractivity contribution is 5.79. The number of alkyl halides is 1. The molecule has 142 valence electrons. The normalized spacial score (nSPS) is 15.3. The molecule has 0 saturated carbocycles. The van der Waals surface area contributed by atoms with Crippen LogP contribution in [0.3, 0.4) is 0 Å². The van der Waals surface area contributed by atoms with Crippen LogP contribution in [0.2, 0.25) is 0 Å². The van der Waals surface area contributed by atoms with Gasteiger partial charge in [0.15, 0.2) is 0 Å². The Labute approximate surface area is 158 Å². The monoisotopic (exact) mass is 368 g/mol. The van der Waals surface area contributed by atoms with Crippen LogP contribution in [0.1, 0.15) is 24.1 Å². The summed E-state index contributed by atoms with van der Waals surface area (Å²) < 4.78 is 14.4. The van der Waals surface area contributed by atoms with Gasteiger partial charge in [0.1, 0.15) is 18.0 Å². The van der Waals surface area contributed by atoms with Crippen molar-refractivity contribution in [3.8, 4) is 0 Å². The number of rotatable bonds is 6. The second kappa shape index (κ2) is 7.23. The van der Waals surface area contributed by atoms with Crippen molar-refractivity contribution in [3.05, 3.63) is 42.1 Å². The number of hydrogen-bond donors (Lipinski definition) is 0. The number of nitrogens with zero attached hydrogens (tertiary/aromatic N) is 6. The number of hydrogen-bond acceptors (Lipinski definition) is 5. The Morgan fingerprint density at radius 2 is 2.00 bits per heavy atom. The molecule has 3 aromatic heterocycles.